The fourth-order valence-corrected chi connectivity index (χ4v) is 2.10. The highest BCUT2D eigenvalue weighted by molar-refractivity contribution is 7.99. The summed E-state index contributed by atoms with van der Waals surface area (Å²) >= 11 is 1.62. The van der Waals surface area contributed by atoms with Gasteiger partial charge in [-0.15, -0.1) is 0 Å². The molecule has 1 saturated heterocycles. The van der Waals surface area contributed by atoms with Gasteiger partial charge in [-0.05, 0) is 19.1 Å². The molecule has 1 aliphatic rings. The number of hydrogen-bond acceptors (Lipinski definition) is 2. The summed E-state index contributed by atoms with van der Waals surface area (Å²) in [7, 11) is 1.87. The van der Waals surface area contributed by atoms with Gasteiger partial charge in [0.2, 0.25) is 5.91 Å². The molecule has 1 unspecified atom stereocenters. The fraction of sp³-hybridized carbons (Fsp3) is 0.667. The zero-order valence-electron chi connectivity index (χ0n) is 7.67. The standard InChI is InChI=1S/C9H15NOS/c1-7-4-5-10(2)9(11)8(6-7)12-3/h8H,1,4-6H2,2-3H3. The lowest BCUT2D eigenvalue weighted by Crippen LogP contribution is -2.32. The Bertz CT molecular complexity index is 203. The van der Waals surface area contributed by atoms with E-state index in [1.54, 1.807) is 16.7 Å². The van der Waals surface area contributed by atoms with E-state index in [9.17, 15) is 4.79 Å². The van der Waals surface area contributed by atoms with Gasteiger partial charge in [-0.3, -0.25) is 4.79 Å². The van der Waals surface area contributed by atoms with Gasteiger partial charge in [-0.1, -0.05) is 12.2 Å². The third-order valence-corrected chi connectivity index (χ3v) is 3.15. The van der Waals surface area contributed by atoms with Gasteiger partial charge in [0.25, 0.3) is 0 Å². The van der Waals surface area contributed by atoms with E-state index in [-0.39, 0.29) is 11.2 Å². The van der Waals surface area contributed by atoms with Crippen LogP contribution in [-0.2, 0) is 4.79 Å². The number of amides is 1. The second kappa shape index (κ2) is 3.99. The lowest BCUT2D eigenvalue weighted by atomic mass is 10.1. The summed E-state index contributed by atoms with van der Waals surface area (Å²) in [6, 6.07) is 0. The van der Waals surface area contributed by atoms with Crippen molar-refractivity contribution in [1.82, 2.24) is 4.90 Å². The molecule has 1 aliphatic heterocycles. The molecule has 0 radical (unpaired) electrons. The highest BCUT2D eigenvalue weighted by atomic mass is 32.2. The monoisotopic (exact) mass is 185 g/mol. The molecule has 2 nitrogen and oxygen atoms in total. The molecule has 1 heterocycles. The summed E-state index contributed by atoms with van der Waals surface area (Å²) in [6.07, 6.45) is 3.79. The molecule has 1 rings (SSSR count). The number of hydrogen-bond donors (Lipinski definition) is 0. The molecule has 0 aromatic rings. The van der Waals surface area contributed by atoms with Crippen LogP contribution in [0, 0.1) is 0 Å². The maximum atomic E-state index is 11.6. The number of carbonyl (C=O) groups is 1. The van der Waals surface area contributed by atoms with Crippen molar-refractivity contribution in [2.24, 2.45) is 0 Å². The first kappa shape index (κ1) is 9.65. The van der Waals surface area contributed by atoms with Crippen molar-refractivity contribution in [3.63, 3.8) is 0 Å². The van der Waals surface area contributed by atoms with Crippen molar-refractivity contribution in [3.8, 4) is 0 Å². The van der Waals surface area contributed by atoms with Crippen LogP contribution in [0.3, 0.4) is 0 Å². The Kier molecular flexibility index (Phi) is 3.20. The molecule has 0 N–H and O–H groups in total. The number of nitrogens with zero attached hydrogens (tertiary/aromatic N) is 1. The summed E-state index contributed by atoms with van der Waals surface area (Å²) in [6.45, 7) is 4.78. The van der Waals surface area contributed by atoms with E-state index >= 15 is 0 Å². The smallest absolute Gasteiger partial charge is 0.235 e. The lowest BCUT2D eigenvalue weighted by Gasteiger charge is -2.17. The van der Waals surface area contributed by atoms with E-state index < -0.39 is 0 Å². The highest BCUT2D eigenvalue weighted by Crippen LogP contribution is 2.23. The van der Waals surface area contributed by atoms with E-state index in [4.69, 9.17) is 0 Å². The van der Waals surface area contributed by atoms with Gasteiger partial charge in [-0.2, -0.15) is 11.8 Å². The van der Waals surface area contributed by atoms with E-state index in [1.165, 1.54) is 5.57 Å². The Morgan fingerprint density at radius 2 is 2.33 bits per heavy atom. The first-order valence-electron chi connectivity index (χ1n) is 4.09. The minimum absolute atomic E-state index is 0.102. The molecule has 1 fully saturated rings. The quantitative estimate of drug-likeness (QED) is 0.577. The molecule has 0 saturated carbocycles. The topological polar surface area (TPSA) is 20.3 Å². The van der Waals surface area contributed by atoms with Crippen molar-refractivity contribution in [2.75, 3.05) is 19.8 Å². The van der Waals surface area contributed by atoms with E-state index in [0.717, 1.165) is 19.4 Å². The molecule has 0 aromatic heterocycles. The third kappa shape index (κ3) is 2.03. The predicted octanol–water partition coefficient (Wildman–Crippen LogP) is 1.53. The van der Waals surface area contributed by atoms with Crippen molar-refractivity contribution >= 4 is 17.7 Å². The van der Waals surface area contributed by atoms with Gasteiger partial charge >= 0.3 is 0 Å². The molecular formula is C9H15NOS. The molecule has 1 atom stereocenters. The summed E-state index contributed by atoms with van der Waals surface area (Å²) in [5.41, 5.74) is 1.20. The van der Waals surface area contributed by atoms with Gasteiger partial charge in [0.05, 0.1) is 5.25 Å². The van der Waals surface area contributed by atoms with E-state index in [1.807, 2.05) is 13.3 Å². The summed E-state index contributed by atoms with van der Waals surface area (Å²) in [5.74, 6) is 0.251. The second-order valence-electron chi connectivity index (χ2n) is 3.19. The molecule has 68 valence electrons. The van der Waals surface area contributed by atoms with Crippen LogP contribution in [0.5, 0.6) is 0 Å². The van der Waals surface area contributed by atoms with Crippen LogP contribution in [0.1, 0.15) is 12.8 Å². The number of likely N-dealkylation sites (tertiary alicyclic amines) is 1. The van der Waals surface area contributed by atoms with E-state index in [2.05, 4.69) is 6.58 Å². The average molecular weight is 185 g/mol. The van der Waals surface area contributed by atoms with Gasteiger partial charge < -0.3 is 4.90 Å². The number of rotatable bonds is 1. The largest absolute Gasteiger partial charge is 0.344 e. The third-order valence-electron chi connectivity index (χ3n) is 2.21. The van der Waals surface area contributed by atoms with Gasteiger partial charge in [0, 0.05) is 13.6 Å². The van der Waals surface area contributed by atoms with Crippen LogP contribution < -0.4 is 0 Å². The summed E-state index contributed by atoms with van der Waals surface area (Å²) < 4.78 is 0. The van der Waals surface area contributed by atoms with Crippen LogP contribution in [0.4, 0.5) is 0 Å². The van der Waals surface area contributed by atoms with Crippen LogP contribution in [0.15, 0.2) is 12.2 Å². The Morgan fingerprint density at radius 1 is 1.67 bits per heavy atom. The van der Waals surface area contributed by atoms with Crippen LogP contribution in [-0.4, -0.2) is 35.9 Å². The molecule has 0 spiro atoms. The molecule has 1 amide bonds. The Hall–Kier alpha value is -0.440. The minimum atomic E-state index is 0.102. The zero-order valence-corrected chi connectivity index (χ0v) is 8.49. The first-order valence-corrected chi connectivity index (χ1v) is 5.38. The van der Waals surface area contributed by atoms with Crippen molar-refractivity contribution < 1.29 is 4.79 Å². The van der Waals surface area contributed by atoms with E-state index in [0.29, 0.717) is 0 Å². The highest BCUT2D eigenvalue weighted by Gasteiger charge is 2.24. The summed E-state index contributed by atoms with van der Waals surface area (Å²) in [5, 5.41) is 0.102. The van der Waals surface area contributed by atoms with Crippen LogP contribution >= 0.6 is 11.8 Å². The Balaban J connectivity index is 2.71. The van der Waals surface area contributed by atoms with Gasteiger partial charge in [0.1, 0.15) is 0 Å². The lowest BCUT2D eigenvalue weighted by molar-refractivity contribution is -0.128. The normalized spacial score (nSPS) is 25.8. The van der Waals surface area contributed by atoms with Crippen LogP contribution in [0.2, 0.25) is 0 Å². The number of thioether (sulfide) groups is 1. The fourth-order valence-electron chi connectivity index (χ4n) is 1.32. The molecular weight excluding hydrogens is 170 g/mol. The maximum absolute atomic E-state index is 11.6. The maximum Gasteiger partial charge on any atom is 0.235 e. The molecule has 3 heteroatoms. The zero-order chi connectivity index (χ0) is 9.14. The first-order chi connectivity index (χ1) is 5.65. The predicted molar refractivity (Wildman–Crippen MR) is 53.3 cm³/mol. The van der Waals surface area contributed by atoms with Crippen molar-refractivity contribution in [1.29, 1.82) is 0 Å². The Labute approximate surface area is 78.0 Å². The van der Waals surface area contributed by atoms with Crippen LogP contribution in [0.25, 0.3) is 0 Å². The van der Waals surface area contributed by atoms with Gasteiger partial charge in [0.15, 0.2) is 0 Å². The average Bonchev–Trinajstić information content (AvgIpc) is 2.18. The Morgan fingerprint density at radius 3 is 2.92 bits per heavy atom. The molecule has 0 aromatic carbocycles. The van der Waals surface area contributed by atoms with Crippen molar-refractivity contribution in [2.45, 2.75) is 18.1 Å². The molecule has 0 bridgehead atoms. The number of carbonyl (C=O) groups excluding carboxylic acids is 1. The second-order valence-corrected chi connectivity index (χ2v) is 4.23. The molecule has 0 aliphatic carbocycles. The van der Waals surface area contributed by atoms with Gasteiger partial charge in [-0.25, -0.2) is 0 Å². The summed E-state index contributed by atoms with van der Waals surface area (Å²) in [4.78, 5) is 13.4. The SMILES string of the molecule is C=C1CCN(C)C(=O)C(SC)C1. The van der Waals surface area contributed by atoms with Crippen molar-refractivity contribution in [3.05, 3.63) is 12.2 Å². The molecule has 12 heavy (non-hydrogen) atoms. The minimum Gasteiger partial charge on any atom is -0.344 e.